The highest BCUT2D eigenvalue weighted by Crippen LogP contribution is 2.65. The van der Waals surface area contributed by atoms with Crippen molar-refractivity contribution in [1.29, 1.82) is 0 Å². The van der Waals surface area contributed by atoms with Crippen molar-refractivity contribution in [3.8, 4) is 5.75 Å². The van der Waals surface area contributed by atoms with Gasteiger partial charge in [-0.25, -0.2) is 0 Å². The van der Waals surface area contributed by atoms with Gasteiger partial charge in [-0.3, -0.25) is 14.4 Å². The summed E-state index contributed by atoms with van der Waals surface area (Å²) in [5.41, 5.74) is -1.41. The second-order valence-electron chi connectivity index (χ2n) is 12.3. The van der Waals surface area contributed by atoms with Gasteiger partial charge in [-0.05, 0) is 75.6 Å². The third kappa shape index (κ3) is 6.11. The average Bonchev–Trinajstić information content (AvgIpc) is 3.51. The Balaban J connectivity index is 1.69. The van der Waals surface area contributed by atoms with E-state index in [1.54, 1.807) is 35.1 Å². The molecule has 3 aliphatic rings. The minimum atomic E-state index is -1.15. The number of fused-ring (bicyclic) bond motifs is 1. The lowest BCUT2D eigenvalue weighted by Crippen LogP contribution is -2.57. The van der Waals surface area contributed by atoms with Crippen LogP contribution in [0.2, 0.25) is 0 Å². The summed E-state index contributed by atoms with van der Waals surface area (Å²) in [4.78, 5) is 46.0. The second kappa shape index (κ2) is 14.1. The summed E-state index contributed by atoms with van der Waals surface area (Å²) in [6.45, 7) is 12.5. The third-order valence-corrected chi connectivity index (χ3v) is 9.62. The first kappa shape index (κ1) is 32.7. The van der Waals surface area contributed by atoms with Crippen molar-refractivity contribution in [1.82, 2.24) is 4.90 Å². The zero-order valence-corrected chi connectivity index (χ0v) is 26.0. The number of anilines is 1. The van der Waals surface area contributed by atoms with Crippen LogP contribution in [-0.4, -0.2) is 78.4 Å². The number of allylic oxidation sites excluding steroid dienone is 1. The lowest BCUT2D eigenvalue weighted by molar-refractivity contribution is -0.161. The van der Waals surface area contributed by atoms with Gasteiger partial charge in [-0.15, -0.1) is 13.2 Å². The topological polar surface area (TPSA) is 106 Å². The molecule has 3 fully saturated rings. The monoisotopic (exact) mass is 596 g/mol. The molecule has 3 unspecified atom stereocenters. The Morgan fingerprint density at radius 1 is 1.12 bits per heavy atom. The molecule has 2 amide bonds. The maximum absolute atomic E-state index is 14.7. The van der Waals surface area contributed by atoms with Crippen molar-refractivity contribution in [3.05, 3.63) is 49.6 Å². The zero-order chi connectivity index (χ0) is 31.2. The number of aliphatic hydroxyl groups excluding tert-OH is 1. The highest BCUT2D eigenvalue weighted by molar-refractivity contribution is 6.04. The molecule has 9 heteroatoms. The maximum atomic E-state index is 14.7. The van der Waals surface area contributed by atoms with Crippen LogP contribution in [0.3, 0.4) is 0 Å². The van der Waals surface area contributed by atoms with Crippen LogP contribution in [0.5, 0.6) is 5.75 Å². The molecule has 3 aliphatic heterocycles. The summed E-state index contributed by atoms with van der Waals surface area (Å²) in [6.07, 6.45) is 9.41. The third-order valence-electron chi connectivity index (χ3n) is 9.62. The number of methoxy groups -OCH3 is 1. The van der Waals surface area contributed by atoms with Crippen LogP contribution < -0.4 is 9.64 Å². The van der Waals surface area contributed by atoms with E-state index >= 15 is 0 Å². The number of carbonyl (C=O) groups is 3. The molecule has 43 heavy (non-hydrogen) atoms. The first-order chi connectivity index (χ1) is 20.7. The molecule has 3 heterocycles. The van der Waals surface area contributed by atoms with E-state index in [1.807, 2.05) is 32.1 Å². The van der Waals surface area contributed by atoms with Crippen LogP contribution in [0.25, 0.3) is 0 Å². The van der Waals surface area contributed by atoms with Crippen LogP contribution in [-0.2, 0) is 23.9 Å². The van der Waals surface area contributed by atoms with Crippen molar-refractivity contribution in [3.63, 3.8) is 0 Å². The van der Waals surface area contributed by atoms with E-state index in [4.69, 9.17) is 14.2 Å². The smallest absolute Gasteiger partial charge is 0.312 e. The fraction of sp³-hybridized carbons (Fsp3) is 0.618. The van der Waals surface area contributed by atoms with Gasteiger partial charge >= 0.3 is 5.97 Å². The molecule has 9 nitrogen and oxygen atoms in total. The summed E-state index contributed by atoms with van der Waals surface area (Å²) >= 11 is 0. The van der Waals surface area contributed by atoms with Gasteiger partial charge < -0.3 is 29.1 Å². The van der Waals surface area contributed by atoms with Gasteiger partial charge in [0.1, 0.15) is 23.3 Å². The number of esters is 1. The van der Waals surface area contributed by atoms with Crippen LogP contribution in [0, 0.1) is 17.8 Å². The summed E-state index contributed by atoms with van der Waals surface area (Å²) in [7, 11) is 1.59. The molecule has 0 radical (unpaired) electrons. The van der Waals surface area contributed by atoms with Gasteiger partial charge in [0.05, 0.1) is 25.2 Å². The Bertz CT molecular complexity index is 1170. The van der Waals surface area contributed by atoms with Crippen molar-refractivity contribution in [2.24, 2.45) is 17.8 Å². The second-order valence-corrected chi connectivity index (χ2v) is 12.3. The van der Waals surface area contributed by atoms with E-state index in [1.165, 1.54) is 0 Å². The lowest BCUT2D eigenvalue weighted by Gasteiger charge is -2.37. The largest absolute Gasteiger partial charge is 0.497 e. The molecule has 1 N–H and O–H groups in total. The predicted octanol–water partition coefficient (Wildman–Crippen LogP) is 4.68. The molecule has 0 saturated carbocycles. The molecule has 1 aromatic carbocycles. The summed E-state index contributed by atoms with van der Waals surface area (Å²) < 4.78 is 17.9. The van der Waals surface area contributed by atoms with Gasteiger partial charge in [0, 0.05) is 25.4 Å². The molecule has 2 bridgehead atoms. The number of nitrogens with zero attached hydrogens (tertiary/aromatic N) is 2. The van der Waals surface area contributed by atoms with Gasteiger partial charge in [0.15, 0.2) is 0 Å². The highest BCUT2D eigenvalue weighted by atomic mass is 16.6. The molecular formula is C34H48N2O7. The van der Waals surface area contributed by atoms with Crippen molar-refractivity contribution >= 4 is 23.5 Å². The Hall–Kier alpha value is -3.17. The van der Waals surface area contributed by atoms with E-state index in [0.29, 0.717) is 43.7 Å². The maximum Gasteiger partial charge on any atom is 0.312 e. The molecule has 0 aromatic heterocycles. The lowest BCUT2D eigenvalue weighted by atomic mass is 9.62. The number of hydrogen-bond donors (Lipinski definition) is 1. The van der Waals surface area contributed by atoms with E-state index in [0.717, 1.165) is 25.7 Å². The molecule has 0 aliphatic carbocycles. The quantitative estimate of drug-likeness (QED) is 0.158. The normalized spacial score (nSPS) is 28.9. The van der Waals surface area contributed by atoms with Gasteiger partial charge in [0.2, 0.25) is 5.91 Å². The standard InChI is InChI=1S/C34H48N2O7/c1-6-8-9-14-22-42-32(40)28-27-30(38)36(20-12-10-11-13-21-37)29(34(27)23-24(3)33(28,4)43-34)31(39)35(19-7-2)25-15-17-26(41-5)18-16-25/h6-7,15-18,24,27-29,37H,1-2,8-14,19-23H2,3-5H3/t24?,27-,28-,29?,33+,34?/m0/s1. The Labute approximate surface area is 255 Å². The summed E-state index contributed by atoms with van der Waals surface area (Å²) in [5, 5.41) is 9.21. The summed E-state index contributed by atoms with van der Waals surface area (Å²) in [5.74, 6) is -1.91. The van der Waals surface area contributed by atoms with Crippen LogP contribution in [0.4, 0.5) is 5.69 Å². The number of hydrogen-bond acceptors (Lipinski definition) is 7. The molecule has 4 rings (SSSR count). The van der Waals surface area contributed by atoms with Crippen molar-refractivity contribution in [2.45, 2.75) is 82.5 Å². The zero-order valence-electron chi connectivity index (χ0n) is 26.0. The SMILES string of the molecule is C=CCCCCOC(=O)[C@@H]1[C@H]2C(=O)N(CCCCCCO)C(C(=O)N(CC=C)c3ccc(OC)cc3)C23CC(C)[C@@]1(C)O3. The Morgan fingerprint density at radius 3 is 2.49 bits per heavy atom. The summed E-state index contributed by atoms with van der Waals surface area (Å²) in [6, 6.07) is 6.31. The first-order valence-corrected chi connectivity index (χ1v) is 15.7. The molecule has 3 saturated heterocycles. The molecule has 1 aromatic rings. The molecular weight excluding hydrogens is 548 g/mol. The Kier molecular flexibility index (Phi) is 10.7. The van der Waals surface area contributed by atoms with Gasteiger partial charge in [-0.2, -0.15) is 0 Å². The molecule has 6 atom stereocenters. The Morgan fingerprint density at radius 2 is 1.84 bits per heavy atom. The fourth-order valence-electron chi connectivity index (χ4n) is 7.38. The van der Waals surface area contributed by atoms with Crippen molar-refractivity contribution < 1.29 is 33.7 Å². The number of ether oxygens (including phenoxy) is 3. The van der Waals surface area contributed by atoms with E-state index in [9.17, 15) is 19.5 Å². The number of carbonyl (C=O) groups excluding carboxylic acids is 3. The average molecular weight is 597 g/mol. The van der Waals surface area contributed by atoms with Gasteiger partial charge in [0.25, 0.3) is 5.91 Å². The number of amides is 2. The molecule has 236 valence electrons. The highest BCUT2D eigenvalue weighted by Gasteiger charge is 2.80. The van der Waals surface area contributed by atoms with Crippen LogP contribution >= 0.6 is 0 Å². The predicted molar refractivity (Wildman–Crippen MR) is 165 cm³/mol. The number of unbranched alkanes of at least 4 members (excludes halogenated alkanes) is 5. The molecule has 1 spiro atoms. The number of likely N-dealkylation sites (tertiary alicyclic amines) is 1. The number of aliphatic hydroxyl groups is 1. The number of benzene rings is 1. The van der Waals surface area contributed by atoms with E-state index in [2.05, 4.69) is 13.2 Å². The van der Waals surface area contributed by atoms with E-state index in [-0.39, 0.29) is 37.5 Å². The minimum absolute atomic E-state index is 0.0662. The first-order valence-electron chi connectivity index (χ1n) is 15.7. The fourth-order valence-corrected chi connectivity index (χ4v) is 7.38. The van der Waals surface area contributed by atoms with E-state index < -0.39 is 35.0 Å². The van der Waals surface area contributed by atoms with Crippen LogP contribution in [0.1, 0.15) is 65.2 Å². The van der Waals surface area contributed by atoms with Crippen molar-refractivity contribution in [2.75, 3.05) is 38.3 Å². The number of rotatable bonds is 17. The van der Waals surface area contributed by atoms with Gasteiger partial charge in [-0.1, -0.05) is 31.9 Å². The minimum Gasteiger partial charge on any atom is -0.497 e. The van der Waals surface area contributed by atoms with Crippen LogP contribution in [0.15, 0.2) is 49.6 Å².